The number of benzene rings is 1. The number of halogens is 3. The van der Waals surface area contributed by atoms with Crippen LogP contribution in [-0.2, 0) is 6.18 Å². The Labute approximate surface area is 187 Å². The zero-order valence-corrected chi connectivity index (χ0v) is 17.9. The normalized spacial score (nSPS) is 19.6. The van der Waals surface area contributed by atoms with Crippen LogP contribution in [0.4, 0.5) is 13.2 Å². The molecule has 11 heteroatoms. The highest BCUT2D eigenvalue weighted by Crippen LogP contribution is 2.37. The van der Waals surface area contributed by atoms with Crippen molar-refractivity contribution in [2.45, 2.75) is 50.6 Å². The van der Waals surface area contributed by atoms with Gasteiger partial charge in [-0.15, -0.1) is 0 Å². The number of aliphatic hydroxyl groups is 1. The van der Waals surface area contributed by atoms with E-state index in [-0.39, 0.29) is 28.6 Å². The van der Waals surface area contributed by atoms with Crippen LogP contribution < -0.4 is 15.8 Å². The van der Waals surface area contributed by atoms with Crippen molar-refractivity contribution in [1.82, 2.24) is 15.3 Å². The van der Waals surface area contributed by atoms with Crippen molar-refractivity contribution >= 4 is 16.8 Å². The lowest BCUT2D eigenvalue weighted by atomic mass is 10.1. The van der Waals surface area contributed by atoms with Gasteiger partial charge in [-0.2, -0.15) is 13.2 Å². The molecule has 2 aromatic heterocycles. The van der Waals surface area contributed by atoms with E-state index in [0.717, 1.165) is 12.5 Å². The Bertz CT molecular complexity index is 1190. The fraction of sp³-hybridized carbons (Fsp3) is 0.409. The maximum atomic E-state index is 13.2. The number of rotatable bonds is 5. The molecule has 1 aromatic carbocycles. The van der Waals surface area contributed by atoms with Crippen LogP contribution >= 0.6 is 0 Å². The average Bonchev–Trinajstić information content (AvgIpc) is 3.38. The molecule has 3 atom stereocenters. The monoisotopic (exact) mass is 464 g/mol. The van der Waals surface area contributed by atoms with E-state index in [1.165, 1.54) is 19.2 Å². The minimum atomic E-state index is -4.63. The van der Waals surface area contributed by atoms with Crippen molar-refractivity contribution in [3.63, 3.8) is 0 Å². The molecule has 1 aliphatic carbocycles. The van der Waals surface area contributed by atoms with E-state index >= 15 is 0 Å². The van der Waals surface area contributed by atoms with Gasteiger partial charge >= 0.3 is 6.18 Å². The van der Waals surface area contributed by atoms with Crippen LogP contribution in [-0.4, -0.2) is 40.2 Å². The number of aromatic nitrogens is 2. The molecule has 1 amide bonds. The molecule has 4 N–H and O–H groups in total. The molecule has 33 heavy (non-hydrogen) atoms. The Morgan fingerprint density at radius 2 is 2.03 bits per heavy atom. The summed E-state index contributed by atoms with van der Waals surface area (Å²) in [6.45, 7) is 1.62. The summed E-state index contributed by atoms with van der Waals surface area (Å²) in [5.74, 6) is -0.266. The summed E-state index contributed by atoms with van der Waals surface area (Å²) in [5, 5.41) is 13.1. The van der Waals surface area contributed by atoms with Crippen LogP contribution in [0.3, 0.4) is 0 Å². The molecule has 1 aliphatic rings. The first-order valence-corrected chi connectivity index (χ1v) is 10.4. The summed E-state index contributed by atoms with van der Waals surface area (Å²) in [7, 11) is 1.33. The number of pyridine rings is 1. The molecule has 8 nitrogen and oxygen atoms in total. The number of carbonyl (C=O) groups is 1. The Hall–Kier alpha value is -3.18. The number of alkyl halides is 3. The van der Waals surface area contributed by atoms with Crippen LogP contribution in [0.1, 0.15) is 54.2 Å². The second-order valence-corrected chi connectivity index (χ2v) is 8.00. The molecular formula is C22H23F3N4O4. The number of nitrogens with zero attached hydrogens (tertiary/aromatic N) is 2. The quantitative estimate of drug-likeness (QED) is 0.527. The van der Waals surface area contributed by atoms with E-state index in [4.69, 9.17) is 14.9 Å². The molecule has 1 fully saturated rings. The summed E-state index contributed by atoms with van der Waals surface area (Å²) in [5.41, 5.74) is 5.19. The second kappa shape index (κ2) is 8.64. The topological polar surface area (TPSA) is 124 Å². The van der Waals surface area contributed by atoms with Gasteiger partial charge in [-0.3, -0.25) is 4.79 Å². The van der Waals surface area contributed by atoms with Crippen molar-refractivity contribution < 1.29 is 32.2 Å². The number of hydrogen-bond acceptors (Lipinski definition) is 7. The van der Waals surface area contributed by atoms with Crippen LogP contribution in [0, 0.1) is 0 Å². The van der Waals surface area contributed by atoms with E-state index in [1.54, 1.807) is 13.0 Å². The first kappa shape index (κ1) is 23.0. The Morgan fingerprint density at radius 1 is 1.27 bits per heavy atom. The number of fused-ring (bicyclic) bond motifs is 1. The van der Waals surface area contributed by atoms with Gasteiger partial charge in [0, 0.05) is 10.9 Å². The van der Waals surface area contributed by atoms with Crippen molar-refractivity contribution in [3.8, 4) is 17.2 Å². The molecule has 1 saturated carbocycles. The van der Waals surface area contributed by atoms with E-state index in [2.05, 4.69) is 15.3 Å². The van der Waals surface area contributed by atoms with Gasteiger partial charge < -0.3 is 25.3 Å². The van der Waals surface area contributed by atoms with Gasteiger partial charge in [-0.05, 0) is 50.5 Å². The fourth-order valence-electron chi connectivity index (χ4n) is 3.97. The molecular weight excluding hydrogens is 441 g/mol. The summed E-state index contributed by atoms with van der Waals surface area (Å²) in [4.78, 5) is 20.9. The third kappa shape index (κ3) is 4.38. The van der Waals surface area contributed by atoms with Gasteiger partial charge in [0.2, 0.25) is 5.89 Å². The maximum Gasteiger partial charge on any atom is 0.433 e. The first-order chi connectivity index (χ1) is 15.6. The fourth-order valence-corrected chi connectivity index (χ4v) is 3.97. The SMILES string of the molecule is COc1ccc(-c2nc(C(=O)N[C@@H]3CCC[C@H]3O)c([C@H](C)N)o2)c2ccc(C(F)(F)F)nc12. The Kier molecular flexibility index (Phi) is 6.02. The number of aliphatic hydroxyl groups excluding tert-OH is 1. The molecule has 3 aromatic rings. The third-order valence-corrected chi connectivity index (χ3v) is 5.64. The summed E-state index contributed by atoms with van der Waals surface area (Å²) in [6, 6.07) is 4.05. The largest absolute Gasteiger partial charge is 0.494 e. The predicted octanol–water partition coefficient (Wildman–Crippen LogP) is 3.58. The van der Waals surface area contributed by atoms with Crippen LogP contribution in [0.2, 0.25) is 0 Å². The molecule has 4 rings (SSSR count). The number of amides is 1. The van der Waals surface area contributed by atoms with Gasteiger partial charge in [0.1, 0.15) is 17.0 Å². The van der Waals surface area contributed by atoms with Gasteiger partial charge in [0.05, 0.1) is 25.3 Å². The van der Waals surface area contributed by atoms with E-state index in [0.29, 0.717) is 23.8 Å². The standard InChI is InChI=1S/C22H23F3N4O4/c1-10(26)19-18(20(31)27-13-4-3-5-14(13)30)29-21(33-19)12-6-8-15(32-2)17-11(12)7-9-16(28-17)22(23,24)25/h6-10,13-14,30H,3-5,26H2,1-2H3,(H,27,31)/t10-,13+,14+/m0/s1. The van der Waals surface area contributed by atoms with Crippen molar-refractivity contribution in [2.24, 2.45) is 5.73 Å². The molecule has 176 valence electrons. The van der Waals surface area contributed by atoms with Crippen molar-refractivity contribution in [1.29, 1.82) is 0 Å². The Morgan fingerprint density at radius 3 is 2.64 bits per heavy atom. The summed E-state index contributed by atoms with van der Waals surface area (Å²) < 4.78 is 50.6. The minimum Gasteiger partial charge on any atom is -0.494 e. The number of nitrogens with one attached hydrogen (secondary N) is 1. The Balaban J connectivity index is 1.79. The molecule has 0 bridgehead atoms. The number of hydrogen-bond donors (Lipinski definition) is 3. The molecule has 0 saturated heterocycles. The number of methoxy groups -OCH3 is 1. The molecule has 0 aliphatic heterocycles. The lowest BCUT2D eigenvalue weighted by Gasteiger charge is -2.15. The number of oxazole rings is 1. The summed E-state index contributed by atoms with van der Waals surface area (Å²) >= 11 is 0. The predicted molar refractivity (Wildman–Crippen MR) is 113 cm³/mol. The number of carbonyl (C=O) groups excluding carboxylic acids is 1. The van der Waals surface area contributed by atoms with Gasteiger partial charge in [-0.25, -0.2) is 9.97 Å². The third-order valence-electron chi connectivity index (χ3n) is 5.64. The maximum absolute atomic E-state index is 13.2. The van der Waals surface area contributed by atoms with Crippen molar-refractivity contribution in [3.05, 3.63) is 41.4 Å². The average molecular weight is 464 g/mol. The molecule has 0 unspecified atom stereocenters. The van der Waals surface area contributed by atoms with E-state index in [1.807, 2.05) is 0 Å². The van der Waals surface area contributed by atoms with Gasteiger partial charge in [0.25, 0.3) is 5.91 Å². The first-order valence-electron chi connectivity index (χ1n) is 10.4. The second-order valence-electron chi connectivity index (χ2n) is 8.00. The van der Waals surface area contributed by atoms with E-state index < -0.39 is 36.0 Å². The number of ether oxygens (including phenoxy) is 1. The highest BCUT2D eigenvalue weighted by Gasteiger charge is 2.34. The minimum absolute atomic E-state index is 0.00799. The molecule has 0 radical (unpaired) electrons. The highest BCUT2D eigenvalue weighted by molar-refractivity contribution is 5.98. The number of nitrogens with two attached hydrogens (primary N) is 1. The van der Waals surface area contributed by atoms with Crippen LogP contribution in [0.25, 0.3) is 22.4 Å². The van der Waals surface area contributed by atoms with Gasteiger partial charge in [-0.1, -0.05) is 0 Å². The lowest BCUT2D eigenvalue weighted by Crippen LogP contribution is -2.40. The van der Waals surface area contributed by atoms with Crippen LogP contribution in [0.15, 0.2) is 28.7 Å². The van der Waals surface area contributed by atoms with E-state index in [9.17, 15) is 23.1 Å². The van der Waals surface area contributed by atoms with Crippen LogP contribution in [0.5, 0.6) is 5.75 Å². The zero-order chi connectivity index (χ0) is 23.9. The zero-order valence-electron chi connectivity index (χ0n) is 17.9. The highest BCUT2D eigenvalue weighted by atomic mass is 19.4. The molecule has 2 heterocycles. The smallest absolute Gasteiger partial charge is 0.433 e. The lowest BCUT2D eigenvalue weighted by molar-refractivity contribution is -0.140. The van der Waals surface area contributed by atoms with Gasteiger partial charge in [0.15, 0.2) is 11.5 Å². The van der Waals surface area contributed by atoms with Crippen molar-refractivity contribution in [2.75, 3.05) is 7.11 Å². The molecule has 0 spiro atoms. The summed E-state index contributed by atoms with van der Waals surface area (Å²) in [6.07, 6.45) is -3.24.